The molecule has 0 unspecified atom stereocenters. The number of nitrogens with one attached hydrogen (secondary N) is 1. The number of aromatic nitrogens is 3. The van der Waals surface area contributed by atoms with Gasteiger partial charge in [-0.2, -0.15) is 5.10 Å². The number of ether oxygens (including phenoxy) is 1. The van der Waals surface area contributed by atoms with E-state index in [2.05, 4.69) is 31.3 Å². The van der Waals surface area contributed by atoms with Crippen molar-refractivity contribution in [2.45, 2.75) is 6.54 Å². The first-order valence-electron chi connectivity index (χ1n) is 5.63. The summed E-state index contributed by atoms with van der Waals surface area (Å²) in [6, 6.07) is 3.31. The molecular weight excluding hydrogens is 312 g/mol. The van der Waals surface area contributed by atoms with Crippen LogP contribution < -0.4 is 5.32 Å². The maximum atomic E-state index is 12.0. The number of methoxy groups -OCH3 is 1. The maximum absolute atomic E-state index is 12.0. The summed E-state index contributed by atoms with van der Waals surface area (Å²) in [5.74, 6) is -0.200. The van der Waals surface area contributed by atoms with Crippen LogP contribution in [0.1, 0.15) is 10.4 Å². The smallest absolute Gasteiger partial charge is 0.255 e. The molecule has 0 aliphatic rings. The first kappa shape index (κ1) is 13.7. The summed E-state index contributed by atoms with van der Waals surface area (Å²) in [6.07, 6.45) is 4.93. The van der Waals surface area contributed by atoms with Crippen molar-refractivity contribution in [1.82, 2.24) is 14.8 Å². The van der Waals surface area contributed by atoms with Crippen LogP contribution in [0.5, 0.6) is 0 Å². The van der Waals surface area contributed by atoms with Gasteiger partial charge < -0.3 is 10.1 Å². The van der Waals surface area contributed by atoms with Gasteiger partial charge in [0, 0.05) is 25.1 Å². The fraction of sp³-hybridized carbons (Fsp3) is 0.250. The Labute approximate surface area is 118 Å². The van der Waals surface area contributed by atoms with Crippen molar-refractivity contribution in [2.24, 2.45) is 0 Å². The van der Waals surface area contributed by atoms with Crippen molar-refractivity contribution < 1.29 is 9.53 Å². The van der Waals surface area contributed by atoms with E-state index in [0.717, 1.165) is 0 Å². The Morgan fingerprint density at radius 2 is 2.42 bits per heavy atom. The van der Waals surface area contributed by atoms with Crippen LogP contribution in [-0.4, -0.2) is 34.4 Å². The minimum atomic E-state index is -0.200. The van der Waals surface area contributed by atoms with Gasteiger partial charge in [0.25, 0.3) is 5.91 Å². The zero-order valence-electron chi connectivity index (χ0n) is 10.3. The molecule has 7 heteroatoms. The van der Waals surface area contributed by atoms with Crippen LogP contribution in [0.2, 0.25) is 0 Å². The Morgan fingerprint density at radius 3 is 3.16 bits per heavy atom. The van der Waals surface area contributed by atoms with Crippen LogP contribution in [0.3, 0.4) is 0 Å². The molecule has 0 saturated carbocycles. The van der Waals surface area contributed by atoms with E-state index in [0.29, 0.717) is 29.0 Å². The number of rotatable bonds is 5. The van der Waals surface area contributed by atoms with E-state index >= 15 is 0 Å². The van der Waals surface area contributed by atoms with Crippen LogP contribution in [-0.2, 0) is 11.3 Å². The van der Waals surface area contributed by atoms with Crippen LogP contribution in [0, 0.1) is 0 Å². The highest BCUT2D eigenvalue weighted by Crippen LogP contribution is 2.11. The average Bonchev–Trinajstić information content (AvgIpc) is 2.84. The Kier molecular flexibility index (Phi) is 4.64. The van der Waals surface area contributed by atoms with Crippen LogP contribution >= 0.6 is 15.9 Å². The van der Waals surface area contributed by atoms with Gasteiger partial charge in [-0.25, -0.2) is 4.98 Å². The summed E-state index contributed by atoms with van der Waals surface area (Å²) < 4.78 is 7.29. The van der Waals surface area contributed by atoms with Gasteiger partial charge in [0.05, 0.1) is 25.0 Å². The molecule has 0 aliphatic carbocycles. The molecule has 0 saturated heterocycles. The van der Waals surface area contributed by atoms with Gasteiger partial charge >= 0.3 is 0 Å². The second kappa shape index (κ2) is 6.44. The Balaban J connectivity index is 2.00. The molecule has 0 bridgehead atoms. The topological polar surface area (TPSA) is 69.0 Å². The fourth-order valence-electron chi connectivity index (χ4n) is 1.48. The molecule has 0 aliphatic heterocycles. The molecule has 19 heavy (non-hydrogen) atoms. The second-order valence-electron chi connectivity index (χ2n) is 3.81. The molecule has 0 radical (unpaired) electrons. The standard InChI is InChI=1S/C12H13BrN4O2/c1-19-5-4-17-8-10(7-15-17)16-12(18)9-2-3-14-11(13)6-9/h2-3,6-8H,4-5H2,1H3,(H,16,18). The summed E-state index contributed by atoms with van der Waals surface area (Å²) in [6.45, 7) is 1.22. The normalized spacial score (nSPS) is 10.4. The predicted octanol–water partition coefficient (Wildman–Crippen LogP) is 1.94. The molecule has 2 heterocycles. The van der Waals surface area contributed by atoms with E-state index in [-0.39, 0.29) is 5.91 Å². The van der Waals surface area contributed by atoms with E-state index in [1.165, 1.54) is 0 Å². The highest BCUT2D eigenvalue weighted by molar-refractivity contribution is 9.10. The van der Waals surface area contributed by atoms with E-state index in [9.17, 15) is 4.79 Å². The number of halogens is 1. The van der Waals surface area contributed by atoms with Gasteiger partial charge in [-0.15, -0.1) is 0 Å². The van der Waals surface area contributed by atoms with Gasteiger partial charge in [0.2, 0.25) is 0 Å². The van der Waals surface area contributed by atoms with Gasteiger partial charge in [-0.05, 0) is 28.1 Å². The number of hydrogen-bond acceptors (Lipinski definition) is 4. The van der Waals surface area contributed by atoms with Crippen molar-refractivity contribution in [1.29, 1.82) is 0 Å². The zero-order chi connectivity index (χ0) is 13.7. The SMILES string of the molecule is COCCn1cc(NC(=O)c2ccnc(Br)c2)cn1. The predicted molar refractivity (Wildman–Crippen MR) is 74.0 cm³/mol. The van der Waals surface area contributed by atoms with Crippen molar-refractivity contribution in [3.63, 3.8) is 0 Å². The highest BCUT2D eigenvalue weighted by atomic mass is 79.9. The van der Waals surface area contributed by atoms with Crippen molar-refractivity contribution in [2.75, 3.05) is 19.0 Å². The number of carbonyl (C=O) groups excluding carboxylic acids is 1. The largest absolute Gasteiger partial charge is 0.383 e. The number of amides is 1. The van der Waals surface area contributed by atoms with Crippen molar-refractivity contribution in [3.8, 4) is 0 Å². The fourth-order valence-corrected chi connectivity index (χ4v) is 1.85. The lowest BCUT2D eigenvalue weighted by atomic mass is 10.2. The first-order valence-corrected chi connectivity index (χ1v) is 6.42. The summed E-state index contributed by atoms with van der Waals surface area (Å²) in [5.41, 5.74) is 1.18. The van der Waals surface area contributed by atoms with Crippen molar-refractivity contribution in [3.05, 3.63) is 40.9 Å². The molecule has 0 atom stereocenters. The Hall–Kier alpha value is -1.73. The first-order chi connectivity index (χ1) is 9.19. The van der Waals surface area contributed by atoms with Gasteiger partial charge in [0.1, 0.15) is 4.60 Å². The summed E-state index contributed by atoms with van der Waals surface area (Å²) >= 11 is 3.23. The van der Waals surface area contributed by atoms with Crippen molar-refractivity contribution >= 4 is 27.5 Å². The third-order valence-corrected chi connectivity index (χ3v) is 2.84. The van der Waals surface area contributed by atoms with Crippen LogP contribution in [0.15, 0.2) is 35.3 Å². The number of nitrogens with zero attached hydrogens (tertiary/aromatic N) is 3. The number of anilines is 1. The molecule has 100 valence electrons. The van der Waals surface area contributed by atoms with Gasteiger partial charge in [-0.3, -0.25) is 9.48 Å². The molecule has 2 aromatic rings. The molecule has 0 aromatic carbocycles. The molecule has 6 nitrogen and oxygen atoms in total. The average molecular weight is 325 g/mol. The lowest BCUT2D eigenvalue weighted by Gasteiger charge is -2.02. The molecular formula is C12H13BrN4O2. The maximum Gasteiger partial charge on any atom is 0.255 e. The van der Waals surface area contributed by atoms with E-state index in [4.69, 9.17) is 4.74 Å². The van der Waals surface area contributed by atoms with Crippen LogP contribution in [0.4, 0.5) is 5.69 Å². The summed E-state index contributed by atoms with van der Waals surface area (Å²) in [7, 11) is 1.63. The number of hydrogen-bond donors (Lipinski definition) is 1. The second-order valence-corrected chi connectivity index (χ2v) is 4.62. The zero-order valence-corrected chi connectivity index (χ0v) is 11.9. The van der Waals surface area contributed by atoms with Crippen LogP contribution in [0.25, 0.3) is 0 Å². The Bertz CT molecular complexity index is 570. The van der Waals surface area contributed by atoms with E-state index in [1.54, 1.807) is 42.5 Å². The molecule has 2 aromatic heterocycles. The van der Waals surface area contributed by atoms with Gasteiger partial charge in [0.15, 0.2) is 0 Å². The summed E-state index contributed by atoms with van der Waals surface area (Å²) in [5, 5.41) is 6.89. The number of pyridine rings is 1. The van der Waals surface area contributed by atoms with E-state index < -0.39 is 0 Å². The third kappa shape index (κ3) is 3.87. The number of carbonyl (C=O) groups is 1. The minimum Gasteiger partial charge on any atom is -0.383 e. The van der Waals surface area contributed by atoms with Gasteiger partial charge in [-0.1, -0.05) is 0 Å². The molecule has 0 spiro atoms. The third-order valence-electron chi connectivity index (χ3n) is 2.40. The lowest BCUT2D eigenvalue weighted by molar-refractivity contribution is 0.102. The molecule has 2 rings (SSSR count). The summed E-state index contributed by atoms with van der Waals surface area (Å²) in [4.78, 5) is 15.9. The molecule has 1 amide bonds. The minimum absolute atomic E-state index is 0.200. The van der Waals surface area contributed by atoms with E-state index in [1.807, 2.05) is 0 Å². The molecule has 0 fully saturated rings. The quantitative estimate of drug-likeness (QED) is 0.853. The Morgan fingerprint density at radius 1 is 1.58 bits per heavy atom. The molecule has 1 N–H and O–H groups in total. The monoisotopic (exact) mass is 324 g/mol. The lowest BCUT2D eigenvalue weighted by Crippen LogP contribution is -2.11. The highest BCUT2D eigenvalue weighted by Gasteiger charge is 2.08.